The highest BCUT2D eigenvalue weighted by Gasteiger charge is 2.54. The predicted octanol–water partition coefficient (Wildman–Crippen LogP) is 3.75. The summed E-state index contributed by atoms with van der Waals surface area (Å²) in [6.07, 6.45) is 1.78. The molecule has 0 bridgehead atoms. The molecule has 2 unspecified atom stereocenters. The quantitative estimate of drug-likeness (QED) is 0.436. The Morgan fingerprint density at radius 1 is 1.13 bits per heavy atom. The Balaban J connectivity index is 1.93. The fourth-order valence-electron chi connectivity index (χ4n) is 4.08. The van der Waals surface area contributed by atoms with Gasteiger partial charge in [0.25, 0.3) is 0 Å². The standard InChI is InChI=1S/C23H22O7/c1-22(2)8-7-11-16(25)14-17(26)12-9-10(24)5-6-13(12)28-20(14)15(19(11)29-22)18(27)21-23(3,4)30-21/h5-9,18,21,24-25,27H,1-4H3. The number of phenolic OH excluding ortho intramolecular Hbond substituents is 2. The second-order valence-corrected chi connectivity index (χ2v) is 8.95. The third kappa shape index (κ3) is 2.62. The summed E-state index contributed by atoms with van der Waals surface area (Å²) in [4.78, 5) is 13.3. The van der Waals surface area contributed by atoms with Crippen molar-refractivity contribution in [1.29, 1.82) is 0 Å². The molecule has 0 amide bonds. The summed E-state index contributed by atoms with van der Waals surface area (Å²) in [7, 11) is 0. The molecule has 1 saturated heterocycles. The minimum atomic E-state index is -1.14. The summed E-state index contributed by atoms with van der Waals surface area (Å²) in [5, 5.41) is 32.0. The molecule has 2 aliphatic rings. The smallest absolute Gasteiger partial charge is 0.204 e. The van der Waals surface area contributed by atoms with Crippen LogP contribution >= 0.6 is 0 Å². The van der Waals surface area contributed by atoms with E-state index in [1.807, 2.05) is 27.7 Å². The molecule has 2 aliphatic heterocycles. The number of phenols is 2. The Hall–Kier alpha value is -3.03. The summed E-state index contributed by atoms with van der Waals surface area (Å²) in [5.41, 5.74) is -0.924. The third-order valence-corrected chi connectivity index (χ3v) is 5.76. The Labute approximate surface area is 171 Å². The minimum absolute atomic E-state index is 0.0411. The fraction of sp³-hybridized carbons (Fsp3) is 0.348. The van der Waals surface area contributed by atoms with Crippen molar-refractivity contribution in [3.05, 3.63) is 45.6 Å². The molecular formula is C23H22O7. The van der Waals surface area contributed by atoms with E-state index >= 15 is 0 Å². The zero-order chi connectivity index (χ0) is 21.6. The van der Waals surface area contributed by atoms with Crippen LogP contribution in [0.1, 0.15) is 44.9 Å². The summed E-state index contributed by atoms with van der Waals surface area (Å²) in [5.74, 6) is -0.129. The van der Waals surface area contributed by atoms with Gasteiger partial charge in [-0.1, -0.05) is 0 Å². The van der Waals surface area contributed by atoms with E-state index < -0.39 is 28.8 Å². The minimum Gasteiger partial charge on any atom is -0.508 e. The average molecular weight is 410 g/mol. The van der Waals surface area contributed by atoms with Crippen LogP contribution in [0, 0.1) is 0 Å². The molecule has 0 saturated carbocycles. The molecule has 30 heavy (non-hydrogen) atoms. The van der Waals surface area contributed by atoms with Crippen LogP contribution in [0.3, 0.4) is 0 Å². The van der Waals surface area contributed by atoms with Gasteiger partial charge in [0.15, 0.2) is 5.58 Å². The Kier molecular flexibility index (Phi) is 3.65. The Bertz CT molecular complexity index is 1310. The molecule has 0 radical (unpaired) electrons. The number of aliphatic hydroxyl groups excluding tert-OH is 1. The van der Waals surface area contributed by atoms with Crippen molar-refractivity contribution >= 4 is 28.0 Å². The molecule has 3 heterocycles. The van der Waals surface area contributed by atoms with Crippen LogP contribution in [0.5, 0.6) is 17.2 Å². The molecule has 1 fully saturated rings. The molecule has 5 rings (SSSR count). The van der Waals surface area contributed by atoms with Crippen molar-refractivity contribution in [2.24, 2.45) is 0 Å². The van der Waals surface area contributed by atoms with E-state index in [0.29, 0.717) is 5.56 Å². The van der Waals surface area contributed by atoms with E-state index in [9.17, 15) is 20.1 Å². The Morgan fingerprint density at radius 3 is 2.50 bits per heavy atom. The second-order valence-electron chi connectivity index (χ2n) is 8.95. The lowest BCUT2D eigenvalue weighted by Crippen LogP contribution is -2.29. The molecule has 7 nitrogen and oxygen atoms in total. The van der Waals surface area contributed by atoms with Crippen molar-refractivity contribution < 1.29 is 29.2 Å². The first-order valence-corrected chi connectivity index (χ1v) is 9.73. The molecule has 0 aliphatic carbocycles. The summed E-state index contributed by atoms with van der Waals surface area (Å²) in [6, 6.07) is 4.17. The normalized spacial score (nSPS) is 22.0. The fourth-order valence-corrected chi connectivity index (χ4v) is 4.08. The van der Waals surface area contributed by atoms with Gasteiger partial charge in [0, 0.05) is 0 Å². The number of rotatable bonds is 2. The third-order valence-electron chi connectivity index (χ3n) is 5.76. The summed E-state index contributed by atoms with van der Waals surface area (Å²) < 4.78 is 17.8. The van der Waals surface area contributed by atoms with Crippen LogP contribution in [0.15, 0.2) is 33.5 Å². The van der Waals surface area contributed by atoms with Gasteiger partial charge in [-0.05, 0) is 58.0 Å². The first-order chi connectivity index (χ1) is 14.0. The maximum atomic E-state index is 13.3. The van der Waals surface area contributed by atoms with Crippen molar-refractivity contribution in [3.8, 4) is 17.2 Å². The number of hydrogen-bond donors (Lipinski definition) is 3. The van der Waals surface area contributed by atoms with Crippen molar-refractivity contribution in [2.45, 2.75) is 51.1 Å². The van der Waals surface area contributed by atoms with Crippen LogP contribution < -0.4 is 10.2 Å². The maximum Gasteiger partial charge on any atom is 0.204 e. The highest BCUT2D eigenvalue weighted by Crippen LogP contribution is 2.52. The van der Waals surface area contributed by atoms with Crippen LogP contribution in [0.25, 0.3) is 28.0 Å². The number of aliphatic hydroxyl groups is 1. The van der Waals surface area contributed by atoms with E-state index in [0.717, 1.165) is 0 Å². The van der Waals surface area contributed by atoms with E-state index in [1.165, 1.54) is 18.2 Å². The number of aromatic hydroxyl groups is 2. The van der Waals surface area contributed by atoms with E-state index in [1.54, 1.807) is 12.2 Å². The number of epoxide rings is 1. The van der Waals surface area contributed by atoms with Crippen molar-refractivity contribution in [2.75, 3.05) is 0 Å². The molecule has 2 atom stereocenters. The summed E-state index contributed by atoms with van der Waals surface area (Å²) >= 11 is 0. The van der Waals surface area contributed by atoms with E-state index in [4.69, 9.17) is 13.9 Å². The number of benzene rings is 2. The molecular weight excluding hydrogens is 388 g/mol. The first kappa shape index (κ1) is 19.0. The second kappa shape index (κ2) is 5.77. The number of hydrogen-bond acceptors (Lipinski definition) is 7. The van der Waals surface area contributed by atoms with Gasteiger partial charge in [0.1, 0.15) is 46.0 Å². The molecule has 0 spiro atoms. The number of fused-ring (bicyclic) bond motifs is 3. The van der Waals surface area contributed by atoms with Crippen LogP contribution in [0.4, 0.5) is 0 Å². The van der Waals surface area contributed by atoms with Crippen molar-refractivity contribution in [1.82, 2.24) is 0 Å². The van der Waals surface area contributed by atoms with Gasteiger partial charge in [0.2, 0.25) is 5.43 Å². The zero-order valence-electron chi connectivity index (χ0n) is 17.0. The Morgan fingerprint density at radius 2 is 1.83 bits per heavy atom. The molecule has 156 valence electrons. The lowest BCUT2D eigenvalue weighted by molar-refractivity contribution is 0.118. The maximum absolute atomic E-state index is 13.3. The predicted molar refractivity (Wildman–Crippen MR) is 111 cm³/mol. The highest BCUT2D eigenvalue weighted by molar-refractivity contribution is 5.99. The SMILES string of the molecule is CC1(C)C=Cc2c(c(C(O)C3OC3(C)C)c3oc4ccc(O)cc4c(=O)c3c2O)O1. The van der Waals surface area contributed by atoms with Gasteiger partial charge in [-0.15, -0.1) is 0 Å². The lowest BCUT2D eigenvalue weighted by atomic mass is 9.91. The average Bonchev–Trinajstić information content (AvgIpc) is 3.29. The molecule has 3 aromatic rings. The molecule has 1 aromatic heterocycles. The van der Waals surface area contributed by atoms with E-state index in [2.05, 4.69) is 0 Å². The van der Waals surface area contributed by atoms with Gasteiger partial charge in [-0.25, -0.2) is 0 Å². The van der Waals surface area contributed by atoms with Gasteiger partial charge in [0.05, 0.1) is 22.1 Å². The van der Waals surface area contributed by atoms with Crippen LogP contribution in [-0.2, 0) is 4.74 Å². The topological polar surface area (TPSA) is 113 Å². The van der Waals surface area contributed by atoms with Gasteiger partial charge in [-0.3, -0.25) is 4.79 Å². The largest absolute Gasteiger partial charge is 0.508 e. The highest BCUT2D eigenvalue weighted by atomic mass is 16.6. The van der Waals surface area contributed by atoms with Gasteiger partial charge in [-0.2, -0.15) is 0 Å². The lowest BCUT2D eigenvalue weighted by Gasteiger charge is -2.31. The summed E-state index contributed by atoms with van der Waals surface area (Å²) in [6.45, 7) is 7.41. The van der Waals surface area contributed by atoms with Gasteiger partial charge < -0.3 is 29.2 Å². The van der Waals surface area contributed by atoms with Crippen LogP contribution in [-0.4, -0.2) is 32.6 Å². The molecule has 2 aromatic carbocycles. The molecule has 7 heteroatoms. The van der Waals surface area contributed by atoms with Crippen LogP contribution in [0.2, 0.25) is 0 Å². The zero-order valence-corrected chi connectivity index (χ0v) is 17.0. The van der Waals surface area contributed by atoms with E-state index in [-0.39, 0.29) is 44.8 Å². The van der Waals surface area contributed by atoms with Crippen molar-refractivity contribution in [3.63, 3.8) is 0 Å². The monoisotopic (exact) mass is 410 g/mol. The number of ether oxygens (including phenoxy) is 2. The molecule has 3 N–H and O–H groups in total. The van der Waals surface area contributed by atoms with Gasteiger partial charge >= 0.3 is 0 Å². The first-order valence-electron chi connectivity index (χ1n) is 9.73.